The van der Waals surface area contributed by atoms with E-state index in [1.54, 1.807) is 12.1 Å². The van der Waals surface area contributed by atoms with Crippen molar-refractivity contribution < 1.29 is 4.79 Å². The Kier molecular flexibility index (Phi) is 4.62. The van der Waals surface area contributed by atoms with E-state index in [0.717, 1.165) is 5.69 Å². The molecule has 0 aliphatic heterocycles. The van der Waals surface area contributed by atoms with E-state index < -0.39 is 0 Å². The molecule has 24 heavy (non-hydrogen) atoms. The molecule has 122 valence electrons. The number of nitrogens with one attached hydrogen (secondary N) is 1. The maximum absolute atomic E-state index is 12.3. The maximum atomic E-state index is 12.3. The summed E-state index contributed by atoms with van der Waals surface area (Å²) in [7, 11) is 0. The van der Waals surface area contributed by atoms with E-state index in [1.807, 2.05) is 36.4 Å². The van der Waals surface area contributed by atoms with Crippen LogP contribution in [0, 0.1) is 0 Å². The minimum Gasteiger partial charge on any atom is -0.319 e. The predicted octanol–water partition coefficient (Wildman–Crippen LogP) is 4.30. The summed E-state index contributed by atoms with van der Waals surface area (Å²) in [6.07, 6.45) is 1.50. The average Bonchev–Trinajstić information content (AvgIpc) is 3.06. The second-order valence-electron chi connectivity index (χ2n) is 5.72. The molecule has 3 rings (SSSR count). The summed E-state index contributed by atoms with van der Waals surface area (Å²) in [6, 6.07) is 14.9. The van der Waals surface area contributed by atoms with Crippen molar-refractivity contribution in [1.29, 1.82) is 0 Å². The Balaban J connectivity index is 1.72. The fourth-order valence-electron chi connectivity index (χ4n) is 2.22. The monoisotopic (exact) mass is 340 g/mol. The molecule has 0 unspecified atom stereocenters. The van der Waals surface area contributed by atoms with Crippen LogP contribution >= 0.6 is 11.6 Å². The third-order valence-corrected chi connectivity index (χ3v) is 3.87. The summed E-state index contributed by atoms with van der Waals surface area (Å²) in [5.74, 6) is 0.212. The quantitative estimate of drug-likeness (QED) is 0.770. The lowest BCUT2D eigenvalue weighted by atomic mass is 10.0. The molecule has 1 N–H and O–H groups in total. The molecule has 2 aromatic carbocycles. The molecule has 1 aromatic heterocycles. The van der Waals surface area contributed by atoms with Gasteiger partial charge in [-0.1, -0.05) is 37.6 Å². The highest BCUT2D eigenvalue weighted by Crippen LogP contribution is 2.17. The van der Waals surface area contributed by atoms with E-state index in [2.05, 4.69) is 29.2 Å². The highest BCUT2D eigenvalue weighted by atomic mass is 35.5. The molecule has 0 atom stereocenters. The zero-order valence-corrected chi connectivity index (χ0v) is 14.2. The Morgan fingerprint density at radius 3 is 2.38 bits per heavy atom. The zero-order chi connectivity index (χ0) is 17.1. The van der Waals surface area contributed by atoms with Gasteiger partial charge < -0.3 is 5.32 Å². The summed E-state index contributed by atoms with van der Waals surface area (Å²) >= 11 is 5.87. The number of hydrogen-bond donors (Lipinski definition) is 1. The first-order chi connectivity index (χ1) is 11.5. The third-order valence-electron chi connectivity index (χ3n) is 3.62. The molecule has 0 saturated carbocycles. The lowest BCUT2D eigenvalue weighted by Crippen LogP contribution is -2.14. The molecule has 3 aromatic rings. The third kappa shape index (κ3) is 3.63. The van der Waals surface area contributed by atoms with Crippen LogP contribution in [-0.2, 0) is 0 Å². The normalized spacial score (nSPS) is 10.8. The van der Waals surface area contributed by atoms with Crippen molar-refractivity contribution in [1.82, 2.24) is 14.8 Å². The van der Waals surface area contributed by atoms with Gasteiger partial charge in [0.15, 0.2) is 0 Å². The van der Waals surface area contributed by atoms with E-state index in [4.69, 9.17) is 11.6 Å². The van der Waals surface area contributed by atoms with Gasteiger partial charge in [0, 0.05) is 10.7 Å². The number of aromatic nitrogens is 3. The molecular formula is C18H17ClN4O. The van der Waals surface area contributed by atoms with Gasteiger partial charge in [0.1, 0.15) is 6.33 Å². The number of rotatable bonds is 4. The number of nitrogens with zero attached hydrogens (tertiary/aromatic N) is 3. The Hall–Kier alpha value is -2.66. The van der Waals surface area contributed by atoms with E-state index >= 15 is 0 Å². The van der Waals surface area contributed by atoms with Crippen LogP contribution in [0.2, 0.25) is 5.02 Å². The highest BCUT2D eigenvalue weighted by molar-refractivity contribution is 6.30. The van der Waals surface area contributed by atoms with Crippen molar-refractivity contribution in [2.24, 2.45) is 0 Å². The van der Waals surface area contributed by atoms with Gasteiger partial charge in [-0.05, 0) is 47.9 Å². The molecular weight excluding hydrogens is 324 g/mol. The Labute approximate surface area is 145 Å². The molecule has 1 amide bonds. The van der Waals surface area contributed by atoms with Crippen LogP contribution in [-0.4, -0.2) is 20.7 Å². The molecule has 0 aliphatic rings. The van der Waals surface area contributed by atoms with Crippen molar-refractivity contribution in [3.63, 3.8) is 0 Å². The van der Waals surface area contributed by atoms with Crippen molar-refractivity contribution in [3.05, 3.63) is 71.3 Å². The molecule has 1 heterocycles. The number of carbonyl (C=O) groups is 1. The van der Waals surface area contributed by atoms with Gasteiger partial charge in [0.25, 0.3) is 5.91 Å². The van der Waals surface area contributed by atoms with E-state index in [9.17, 15) is 4.79 Å². The first kappa shape index (κ1) is 16.2. The summed E-state index contributed by atoms with van der Waals surface area (Å²) in [5.41, 5.74) is 2.72. The fraction of sp³-hybridized carbons (Fsp3) is 0.167. The number of amides is 1. The van der Waals surface area contributed by atoms with Crippen molar-refractivity contribution >= 4 is 23.2 Å². The SMILES string of the molecule is CC(C)c1ccc(NC(=O)c2ncn(-c3ccc(Cl)cc3)n2)cc1. The molecule has 5 nitrogen and oxygen atoms in total. The van der Waals surface area contributed by atoms with Gasteiger partial charge in [0.05, 0.1) is 5.69 Å². The first-order valence-corrected chi connectivity index (χ1v) is 7.99. The zero-order valence-electron chi connectivity index (χ0n) is 13.4. The maximum Gasteiger partial charge on any atom is 0.295 e. The van der Waals surface area contributed by atoms with Gasteiger partial charge in [-0.2, -0.15) is 0 Å². The Morgan fingerprint density at radius 1 is 1.08 bits per heavy atom. The second kappa shape index (κ2) is 6.84. The summed E-state index contributed by atoms with van der Waals surface area (Å²) in [6.45, 7) is 4.25. The summed E-state index contributed by atoms with van der Waals surface area (Å²) in [4.78, 5) is 16.3. The van der Waals surface area contributed by atoms with E-state index in [0.29, 0.717) is 16.6 Å². The fourth-order valence-corrected chi connectivity index (χ4v) is 2.35. The van der Waals surface area contributed by atoms with Gasteiger partial charge >= 0.3 is 0 Å². The first-order valence-electron chi connectivity index (χ1n) is 7.62. The largest absolute Gasteiger partial charge is 0.319 e. The minimum atomic E-state index is -0.347. The van der Waals surface area contributed by atoms with Crippen LogP contribution in [0.4, 0.5) is 5.69 Å². The number of carbonyl (C=O) groups excluding carboxylic acids is 1. The van der Waals surface area contributed by atoms with Gasteiger partial charge in [-0.3, -0.25) is 4.79 Å². The lowest BCUT2D eigenvalue weighted by Gasteiger charge is -2.07. The molecule has 6 heteroatoms. The minimum absolute atomic E-state index is 0.109. The van der Waals surface area contributed by atoms with E-state index in [-0.39, 0.29) is 11.7 Å². The van der Waals surface area contributed by atoms with Crippen LogP contribution in [0.25, 0.3) is 5.69 Å². The molecule has 0 radical (unpaired) electrons. The second-order valence-corrected chi connectivity index (χ2v) is 6.16. The van der Waals surface area contributed by atoms with Gasteiger partial charge in [0.2, 0.25) is 5.82 Å². The van der Waals surface area contributed by atoms with Crippen LogP contribution in [0.5, 0.6) is 0 Å². The van der Waals surface area contributed by atoms with Crippen LogP contribution < -0.4 is 5.32 Å². The van der Waals surface area contributed by atoms with Gasteiger partial charge in [-0.25, -0.2) is 9.67 Å². The molecule has 0 spiro atoms. The molecule has 0 saturated heterocycles. The van der Waals surface area contributed by atoms with Crippen LogP contribution in [0.1, 0.15) is 35.9 Å². The van der Waals surface area contributed by atoms with Gasteiger partial charge in [-0.15, -0.1) is 5.10 Å². The van der Waals surface area contributed by atoms with Crippen molar-refractivity contribution in [2.75, 3.05) is 5.32 Å². The van der Waals surface area contributed by atoms with Crippen molar-refractivity contribution in [2.45, 2.75) is 19.8 Å². The number of halogens is 1. The number of anilines is 1. The summed E-state index contributed by atoms with van der Waals surface area (Å²) in [5, 5.41) is 7.64. The smallest absolute Gasteiger partial charge is 0.295 e. The summed E-state index contributed by atoms with van der Waals surface area (Å²) < 4.78 is 1.53. The predicted molar refractivity (Wildman–Crippen MR) is 94.9 cm³/mol. The average molecular weight is 341 g/mol. The van der Waals surface area contributed by atoms with Crippen LogP contribution in [0.15, 0.2) is 54.9 Å². The number of benzene rings is 2. The highest BCUT2D eigenvalue weighted by Gasteiger charge is 2.12. The molecule has 0 bridgehead atoms. The lowest BCUT2D eigenvalue weighted by molar-refractivity contribution is 0.101. The topological polar surface area (TPSA) is 59.8 Å². The van der Waals surface area contributed by atoms with E-state index in [1.165, 1.54) is 16.6 Å². The standard InChI is InChI=1S/C18H17ClN4O/c1-12(2)13-3-7-15(8-4-13)21-18(24)17-20-11-23(22-17)16-9-5-14(19)6-10-16/h3-12H,1-2H3,(H,21,24). The Bertz CT molecular complexity index is 838. The Morgan fingerprint density at radius 2 is 1.75 bits per heavy atom. The van der Waals surface area contributed by atoms with Crippen LogP contribution in [0.3, 0.4) is 0 Å². The van der Waals surface area contributed by atoms with Crippen molar-refractivity contribution in [3.8, 4) is 5.69 Å². The molecule has 0 aliphatic carbocycles. The number of hydrogen-bond acceptors (Lipinski definition) is 3. The molecule has 0 fully saturated rings.